The van der Waals surface area contributed by atoms with E-state index >= 15 is 0 Å². The molecule has 0 atom stereocenters. The minimum atomic E-state index is 0.229. The second kappa shape index (κ2) is 7.66. The number of ether oxygens (including phenoxy) is 1. The normalized spacial score (nSPS) is 11.1. The maximum absolute atomic E-state index is 6.15. The lowest BCUT2D eigenvalue weighted by Crippen LogP contribution is -1.98. The van der Waals surface area contributed by atoms with Crippen LogP contribution >= 0.6 is 34.8 Å². The number of rotatable bonds is 5. The Morgan fingerprint density at radius 1 is 0.958 bits per heavy atom. The lowest BCUT2D eigenvalue weighted by Gasteiger charge is -2.10. The summed E-state index contributed by atoms with van der Waals surface area (Å²) in [6.45, 7) is 0.229. The molecule has 8 heteroatoms. The zero-order valence-corrected chi connectivity index (χ0v) is 14.5. The van der Waals surface area contributed by atoms with Crippen LogP contribution in [0.1, 0.15) is 11.1 Å². The van der Waals surface area contributed by atoms with E-state index in [1.807, 2.05) is 24.3 Å². The first-order chi connectivity index (χ1) is 11.6. The van der Waals surface area contributed by atoms with Crippen molar-refractivity contribution in [1.29, 1.82) is 0 Å². The fraction of sp³-hybridized carbons (Fsp3) is 0.0625. The minimum absolute atomic E-state index is 0.229. The Kier molecular flexibility index (Phi) is 5.35. The molecule has 0 radical (unpaired) electrons. The van der Waals surface area contributed by atoms with Gasteiger partial charge in [-0.15, -0.1) is 10.2 Å². The lowest BCUT2D eigenvalue weighted by atomic mass is 10.2. The zero-order valence-electron chi connectivity index (χ0n) is 12.2. The molecule has 0 aliphatic heterocycles. The summed E-state index contributed by atoms with van der Waals surface area (Å²) >= 11 is 18.3. The molecule has 1 aromatic heterocycles. The number of benzene rings is 2. The first-order valence-electron chi connectivity index (χ1n) is 6.88. The fourth-order valence-electron chi connectivity index (χ4n) is 1.90. The van der Waals surface area contributed by atoms with Crippen LogP contribution in [0.2, 0.25) is 15.1 Å². The van der Waals surface area contributed by atoms with Crippen LogP contribution in [0, 0.1) is 0 Å². The van der Waals surface area contributed by atoms with Gasteiger partial charge in [0.2, 0.25) is 0 Å². The van der Waals surface area contributed by atoms with Crippen LogP contribution in [0.5, 0.6) is 5.75 Å². The smallest absolute Gasteiger partial charge is 0.141 e. The van der Waals surface area contributed by atoms with Crippen LogP contribution in [-0.4, -0.2) is 21.1 Å². The predicted octanol–water partition coefficient (Wildman–Crippen LogP) is 4.70. The molecule has 0 fully saturated rings. The molecule has 0 N–H and O–H groups in total. The van der Waals surface area contributed by atoms with E-state index < -0.39 is 0 Å². The van der Waals surface area contributed by atoms with Crippen LogP contribution in [0.15, 0.2) is 54.2 Å². The third-order valence-electron chi connectivity index (χ3n) is 3.15. The molecule has 2 aromatic carbocycles. The van der Waals surface area contributed by atoms with E-state index in [1.165, 1.54) is 17.3 Å². The topological polar surface area (TPSA) is 52.3 Å². The summed E-state index contributed by atoms with van der Waals surface area (Å²) in [6, 6.07) is 10.8. The molecule has 0 aliphatic carbocycles. The van der Waals surface area contributed by atoms with E-state index in [1.54, 1.807) is 18.3 Å². The number of hydrogen-bond donors (Lipinski definition) is 0. The maximum Gasteiger partial charge on any atom is 0.141 e. The Balaban J connectivity index is 1.66. The fourth-order valence-corrected chi connectivity index (χ4v) is 2.55. The summed E-state index contributed by atoms with van der Waals surface area (Å²) in [5.74, 6) is 0.684. The third kappa shape index (κ3) is 4.06. The van der Waals surface area contributed by atoms with E-state index in [0.717, 1.165) is 5.56 Å². The van der Waals surface area contributed by atoms with E-state index in [4.69, 9.17) is 39.5 Å². The van der Waals surface area contributed by atoms with Crippen molar-refractivity contribution in [2.45, 2.75) is 6.61 Å². The Bertz CT molecular complexity index is 849. The van der Waals surface area contributed by atoms with Gasteiger partial charge in [-0.1, -0.05) is 34.8 Å². The monoisotopic (exact) mass is 380 g/mol. The molecule has 24 heavy (non-hydrogen) atoms. The Morgan fingerprint density at radius 2 is 1.62 bits per heavy atom. The molecule has 0 saturated heterocycles. The van der Waals surface area contributed by atoms with E-state index in [2.05, 4.69) is 15.3 Å². The Labute approximate surface area is 153 Å². The summed E-state index contributed by atoms with van der Waals surface area (Å²) in [6.07, 6.45) is 4.71. The predicted molar refractivity (Wildman–Crippen MR) is 95.3 cm³/mol. The van der Waals surface area contributed by atoms with Gasteiger partial charge in [-0.05, 0) is 42.0 Å². The maximum atomic E-state index is 6.15. The van der Waals surface area contributed by atoms with Gasteiger partial charge in [-0.2, -0.15) is 5.10 Å². The van der Waals surface area contributed by atoms with Crippen molar-refractivity contribution < 1.29 is 4.74 Å². The number of hydrogen-bond acceptors (Lipinski definition) is 4. The first-order valence-corrected chi connectivity index (χ1v) is 8.01. The summed E-state index contributed by atoms with van der Waals surface area (Å²) in [4.78, 5) is 0. The molecule has 5 nitrogen and oxygen atoms in total. The van der Waals surface area contributed by atoms with Crippen molar-refractivity contribution in [2.24, 2.45) is 5.10 Å². The molecule has 1 heterocycles. The highest BCUT2D eigenvalue weighted by Crippen LogP contribution is 2.32. The van der Waals surface area contributed by atoms with Gasteiger partial charge < -0.3 is 4.74 Å². The summed E-state index contributed by atoms with van der Waals surface area (Å²) in [7, 11) is 0. The molecule has 0 saturated carbocycles. The molecule has 0 bridgehead atoms. The highest BCUT2D eigenvalue weighted by Gasteiger charge is 2.10. The standard InChI is InChI=1S/C16H11Cl3N4O/c17-14-5-6-15(18)16(19)13(14)8-24-12-3-1-11(2-4-12)7-22-23-9-20-21-10-23/h1-7,9-10H,8H2/b22-7+. The molecule has 0 spiro atoms. The number of halogens is 3. The van der Waals surface area contributed by atoms with Crippen molar-refractivity contribution in [1.82, 2.24) is 14.9 Å². The van der Waals surface area contributed by atoms with Gasteiger partial charge >= 0.3 is 0 Å². The van der Waals surface area contributed by atoms with Crippen molar-refractivity contribution in [3.05, 3.63) is 75.2 Å². The molecule has 122 valence electrons. The van der Waals surface area contributed by atoms with Gasteiger partial charge in [0.25, 0.3) is 0 Å². The van der Waals surface area contributed by atoms with Crippen LogP contribution in [0.25, 0.3) is 0 Å². The first kappa shape index (κ1) is 16.8. The van der Waals surface area contributed by atoms with Crippen LogP contribution in [-0.2, 0) is 6.61 Å². The lowest BCUT2D eigenvalue weighted by molar-refractivity contribution is 0.306. The van der Waals surface area contributed by atoms with Crippen molar-refractivity contribution in [3.63, 3.8) is 0 Å². The van der Waals surface area contributed by atoms with Crippen LogP contribution in [0.3, 0.4) is 0 Å². The van der Waals surface area contributed by atoms with Gasteiger partial charge in [0.05, 0.1) is 16.3 Å². The van der Waals surface area contributed by atoms with E-state index in [9.17, 15) is 0 Å². The van der Waals surface area contributed by atoms with E-state index in [-0.39, 0.29) is 6.61 Å². The van der Waals surface area contributed by atoms with Crippen molar-refractivity contribution in [3.8, 4) is 5.75 Å². The average Bonchev–Trinajstić information content (AvgIpc) is 3.11. The molecule has 0 aliphatic rings. The molecule has 0 amide bonds. The zero-order chi connectivity index (χ0) is 16.9. The quantitative estimate of drug-likeness (QED) is 0.475. The van der Waals surface area contributed by atoms with Crippen LogP contribution in [0.4, 0.5) is 0 Å². The number of aromatic nitrogens is 3. The van der Waals surface area contributed by atoms with Crippen molar-refractivity contribution in [2.75, 3.05) is 0 Å². The summed E-state index contributed by atoms with van der Waals surface area (Å²) < 4.78 is 7.22. The summed E-state index contributed by atoms with van der Waals surface area (Å²) in [5, 5.41) is 12.9. The SMILES string of the molecule is Clc1ccc(Cl)c(COc2ccc(/C=N/n3cnnc3)cc2)c1Cl. The highest BCUT2D eigenvalue weighted by atomic mass is 35.5. The second-order valence-electron chi connectivity index (χ2n) is 4.77. The third-order valence-corrected chi connectivity index (χ3v) is 4.35. The van der Waals surface area contributed by atoms with E-state index in [0.29, 0.717) is 26.4 Å². The number of nitrogens with zero attached hydrogens (tertiary/aromatic N) is 4. The Morgan fingerprint density at radius 3 is 2.33 bits per heavy atom. The molecular weight excluding hydrogens is 371 g/mol. The minimum Gasteiger partial charge on any atom is -0.489 e. The molecule has 3 rings (SSSR count). The molecule has 3 aromatic rings. The molecular formula is C16H11Cl3N4O. The largest absolute Gasteiger partial charge is 0.489 e. The van der Waals surface area contributed by atoms with Crippen molar-refractivity contribution >= 4 is 41.0 Å². The van der Waals surface area contributed by atoms with Gasteiger partial charge in [-0.25, -0.2) is 4.68 Å². The van der Waals surface area contributed by atoms with Gasteiger partial charge in [-0.3, -0.25) is 0 Å². The highest BCUT2D eigenvalue weighted by molar-refractivity contribution is 6.44. The van der Waals surface area contributed by atoms with Gasteiger partial charge in [0.15, 0.2) is 0 Å². The molecule has 0 unspecified atom stereocenters. The average molecular weight is 382 g/mol. The second-order valence-corrected chi connectivity index (χ2v) is 5.96. The Hall–Kier alpha value is -2.08. The van der Waals surface area contributed by atoms with Gasteiger partial charge in [0, 0.05) is 10.6 Å². The summed E-state index contributed by atoms with van der Waals surface area (Å²) in [5.41, 5.74) is 1.57. The van der Waals surface area contributed by atoms with Crippen LogP contribution < -0.4 is 4.74 Å². The van der Waals surface area contributed by atoms with Gasteiger partial charge in [0.1, 0.15) is 25.0 Å².